The Morgan fingerprint density at radius 3 is 2.71 bits per heavy atom. The average molecular weight is 250 g/mol. The minimum atomic E-state index is 0.240. The van der Waals surface area contributed by atoms with Gasteiger partial charge in [-0.05, 0) is 31.5 Å². The molecule has 0 radical (unpaired) electrons. The van der Waals surface area contributed by atoms with Gasteiger partial charge in [-0.3, -0.25) is 0 Å². The van der Waals surface area contributed by atoms with Crippen molar-refractivity contribution in [2.75, 3.05) is 11.9 Å². The van der Waals surface area contributed by atoms with Crippen LogP contribution in [0.1, 0.15) is 25.5 Å². The Hall–Kier alpha value is -1.48. The summed E-state index contributed by atoms with van der Waals surface area (Å²) in [6.45, 7) is 5.07. The third-order valence-corrected chi connectivity index (χ3v) is 3.03. The summed E-state index contributed by atoms with van der Waals surface area (Å²) in [6, 6.07) is 8.16. The number of aromatic nitrogens is 2. The fraction of sp³-hybridized carbons (Fsp3) is 0.308. The number of halogens is 1. The number of rotatable bonds is 4. The third-order valence-electron chi connectivity index (χ3n) is 2.77. The third kappa shape index (κ3) is 2.61. The van der Waals surface area contributed by atoms with Crippen molar-refractivity contribution >= 4 is 17.5 Å². The number of imidazole rings is 1. The molecule has 2 aromatic rings. The number of nitrogens with one attached hydrogen (secondary N) is 1. The molecule has 0 aliphatic carbocycles. The van der Waals surface area contributed by atoms with Gasteiger partial charge in [-0.15, -0.1) is 0 Å². The molecular weight excluding hydrogens is 234 g/mol. The lowest BCUT2D eigenvalue weighted by atomic mass is 10.1. The van der Waals surface area contributed by atoms with Gasteiger partial charge in [0, 0.05) is 24.0 Å². The lowest BCUT2D eigenvalue weighted by molar-refractivity contribution is 0.644. The molecular formula is C13H16ClN3. The number of hydrogen-bond donors (Lipinski definition) is 1. The quantitative estimate of drug-likeness (QED) is 0.898. The van der Waals surface area contributed by atoms with Crippen LogP contribution in [0, 0.1) is 0 Å². The number of hydrogen-bond acceptors (Lipinski definition) is 2. The van der Waals surface area contributed by atoms with E-state index in [0.717, 1.165) is 17.5 Å². The summed E-state index contributed by atoms with van der Waals surface area (Å²) in [4.78, 5) is 4.30. The average Bonchev–Trinajstić information content (AvgIpc) is 2.78. The van der Waals surface area contributed by atoms with Crippen LogP contribution in [-0.4, -0.2) is 16.1 Å². The Balaban J connectivity index is 2.26. The summed E-state index contributed by atoms with van der Waals surface area (Å²) in [5, 5.41) is 4.01. The van der Waals surface area contributed by atoms with Gasteiger partial charge in [0.1, 0.15) is 0 Å². The minimum Gasteiger partial charge on any atom is -0.356 e. The molecule has 3 nitrogen and oxygen atoms in total. The number of benzene rings is 1. The molecule has 1 atom stereocenters. The van der Waals surface area contributed by atoms with Crippen LogP contribution in [0.2, 0.25) is 5.02 Å². The maximum absolute atomic E-state index is 5.89. The van der Waals surface area contributed by atoms with Gasteiger partial charge in [0.15, 0.2) is 0 Å². The topological polar surface area (TPSA) is 29.9 Å². The van der Waals surface area contributed by atoms with E-state index >= 15 is 0 Å². The first-order chi connectivity index (χ1) is 8.22. The van der Waals surface area contributed by atoms with Gasteiger partial charge >= 0.3 is 0 Å². The van der Waals surface area contributed by atoms with E-state index in [1.165, 1.54) is 5.56 Å². The highest BCUT2D eigenvalue weighted by atomic mass is 35.5. The molecule has 0 saturated carbocycles. The summed E-state index contributed by atoms with van der Waals surface area (Å²) >= 11 is 5.89. The summed E-state index contributed by atoms with van der Waals surface area (Å²) < 4.78 is 2.12. The highest BCUT2D eigenvalue weighted by Gasteiger charge is 2.11. The molecule has 0 bridgehead atoms. The monoisotopic (exact) mass is 249 g/mol. The second kappa shape index (κ2) is 5.23. The van der Waals surface area contributed by atoms with E-state index in [1.54, 1.807) is 0 Å². The number of nitrogens with zero attached hydrogens (tertiary/aromatic N) is 2. The van der Waals surface area contributed by atoms with Crippen LogP contribution in [0.4, 0.5) is 5.95 Å². The van der Waals surface area contributed by atoms with E-state index in [9.17, 15) is 0 Å². The summed E-state index contributed by atoms with van der Waals surface area (Å²) in [6.07, 6.45) is 3.79. The summed E-state index contributed by atoms with van der Waals surface area (Å²) in [5.41, 5.74) is 1.21. The fourth-order valence-corrected chi connectivity index (χ4v) is 1.95. The SMILES string of the molecule is CCNc1nccn1C(C)c1ccc(Cl)cc1. The predicted molar refractivity (Wildman–Crippen MR) is 71.7 cm³/mol. The fourth-order valence-electron chi connectivity index (χ4n) is 1.82. The first-order valence-electron chi connectivity index (χ1n) is 5.74. The van der Waals surface area contributed by atoms with Gasteiger partial charge in [0.25, 0.3) is 0 Å². The van der Waals surface area contributed by atoms with Crippen LogP contribution in [0.5, 0.6) is 0 Å². The first kappa shape index (κ1) is 12.0. The van der Waals surface area contributed by atoms with Crippen molar-refractivity contribution in [2.45, 2.75) is 19.9 Å². The van der Waals surface area contributed by atoms with Crippen LogP contribution < -0.4 is 5.32 Å². The predicted octanol–water partition coefficient (Wildman–Crippen LogP) is 3.58. The van der Waals surface area contributed by atoms with Gasteiger partial charge < -0.3 is 9.88 Å². The largest absolute Gasteiger partial charge is 0.356 e. The van der Waals surface area contributed by atoms with Crippen molar-refractivity contribution in [3.63, 3.8) is 0 Å². The van der Waals surface area contributed by atoms with Gasteiger partial charge in [-0.1, -0.05) is 23.7 Å². The van der Waals surface area contributed by atoms with E-state index < -0.39 is 0 Å². The highest BCUT2D eigenvalue weighted by molar-refractivity contribution is 6.30. The van der Waals surface area contributed by atoms with Crippen LogP contribution >= 0.6 is 11.6 Å². The highest BCUT2D eigenvalue weighted by Crippen LogP contribution is 2.22. The van der Waals surface area contributed by atoms with Crippen LogP contribution in [0.15, 0.2) is 36.7 Å². The molecule has 0 spiro atoms. The Morgan fingerprint density at radius 1 is 1.35 bits per heavy atom. The zero-order valence-electron chi connectivity index (χ0n) is 10.0. The lowest BCUT2D eigenvalue weighted by Gasteiger charge is -2.17. The Labute approximate surface area is 106 Å². The van der Waals surface area contributed by atoms with Crippen molar-refractivity contribution in [3.8, 4) is 0 Å². The van der Waals surface area contributed by atoms with E-state index in [0.29, 0.717) is 0 Å². The Bertz CT molecular complexity index is 476. The molecule has 1 aromatic heterocycles. The van der Waals surface area contributed by atoms with E-state index in [4.69, 9.17) is 11.6 Å². The molecule has 0 aliphatic heterocycles. The molecule has 1 heterocycles. The molecule has 0 aliphatic rings. The van der Waals surface area contributed by atoms with Crippen LogP contribution in [0.3, 0.4) is 0 Å². The van der Waals surface area contributed by atoms with Crippen molar-refractivity contribution < 1.29 is 0 Å². The van der Waals surface area contributed by atoms with Gasteiger partial charge in [0.05, 0.1) is 6.04 Å². The molecule has 1 aromatic carbocycles. The van der Waals surface area contributed by atoms with Crippen molar-refractivity contribution in [2.24, 2.45) is 0 Å². The van der Waals surface area contributed by atoms with Crippen LogP contribution in [0.25, 0.3) is 0 Å². The van der Waals surface area contributed by atoms with Crippen molar-refractivity contribution in [3.05, 3.63) is 47.2 Å². The van der Waals surface area contributed by atoms with E-state index in [2.05, 4.69) is 28.7 Å². The molecule has 1 N–H and O–H groups in total. The molecule has 0 amide bonds. The first-order valence-corrected chi connectivity index (χ1v) is 6.12. The summed E-state index contributed by atoms with van der Waals surface area (Å²) in [5.74, 6) is 0.898. The van der Waals surface area contributed by atoms with Crippen molar-refractivity contribution in [1.29, 1.82) is 0 Å². The second-order valence-corrected chi connectivity index (χ2v) is 4.35. The molecule has 4 heteroatoms. The standard InChI is InChI=1S/C13H16ClN3/c1-3-15-13-16-8-9-17(13)10(2)11-4-6-12(14)7-5-11/h4-10H,3H2,1-2H3,(H,15,16). The zero-order valence-corrected chi connectivity index (χ0v) is 10.8. The normalized spacial score (nSPS) is 12.4. The van der Waals surface area contributed by atoms with E-state index in [-0.39, 0.29) is 6.04 Å². The molecule has 0 fully saturated rings. The maximum Gasteiger partial charge on any atom is 0.203 e. The Kier molecular flexibility index (Phi) is 3.69. The van der Waals surface area contributed by atoms with Gasteiger partial charge in [-0.2, -0.15) is 0 Å². The minimum absolute atomic E-state index is 0.240. The molecule has 1 unspecified atom stereocenters. The smallest absolute Gasteiger partial charge is 0.203 e. The molecule has 0 saturated heterocycles. The lowest BCUT2D eigenvalue weighted by Crippen LogP contribution is -2.11. The Morgan fingerprint density at radius 2 is 2.06 bits per heavy atom. The molecule has 2 rings (SSSR count). The van der Waals surface area contributed by atoms with Gasteiger partial charge in [0.2, 0.25) is 5.95 Å². The molecule has 90 valence electrons. The van der Waals surface area contributed by atoms with Crippen LogP contribution in [-0.2, 0) is 0 Å². The van der Waals surface area contributed by atoms with Crippen molar-refractivity contribution in [1.82, 2.24) is 9.55 Å². The second-order valence-electron chi connectivity index (χ2n) is 3.92. The summed E-state index contributed by atoms with van der Waals surface area (Å²) in [7, 11) is 0. The zero-order chi connectivity index (χ0) is 12.3. The van der Waals surface area contributed by atoms with Gasteiger partial charge in [-0.25, -0.2) is 4.98 Å². The van der Waals surface area contributed by atoms with E-state index in [1.807, 2.05) is 36.7 Å². The molecule has 17 heavy (non-hydrogen) atoms. The number of anilines is 1. The maximum atomic E-state index is 5.89.